The minimum Gasteiger partial charge on any atom is -0.492 e. The molecule has 1 atom stereocenters. The van der Waals surface area contributed by atoms with Crippen LogP contribution < -0.4 is 15.4 Å². The third-order valence-corrected chi connectivity index (χ3v) is 6.18. The van der Waals surface area contributed by atoms with Crippen LogP contribution in [0.25, 0.3) is 0 Å². The van der Waals surface area contributed by atoms with Crippen LogP contribution in [0, 0.1) is 0 Å². The molecule has 0 aromatic heterocycles. The van der Waals surface area contributed by atoms with E-state index in [0.29, 0.717) is 17.9 Å². The number of rotatable bonds is 1. The molecular weight excluding hydrogens is 350 g/mol. The van der Waals surface area contributed by atoms with Gasteiger partial charge < -0.3 is 10.1 Å². The fourth-order valence-corrected chi connectivity index (χ4v) is 4.64. The highest BCUT2D eigenvalue weighted by molar-refractivity contribution is 6.23. The Labute approximate surface area is 155 Å². The van der Waals surface area contributed by atoms with Gasteiger partial charge in [0.05, 0.1) is 17.7 Å². The highest BCUT2D eigenvalue weighted by Gasteiger charge is 2.48. The predicted molar refractivity (Wildman–Crippen MR) is 92.4 cm³/mol. The van der Waals surface area contributed by atoms with Crippen molar-refractivity contribution in [3.63, 3.8) is 0 Å². The van der Waals surface area contributed by atoms with Crippen molar-refractivity contribution in [1.29, 1.82) is 0 Å². The lowest BCUT2D eigenvalue weighted by molar-refractivity contribution is -0.136. The molecule has 140 valence electrons. The molecule has 1 aromatic rings. The van der Waals surface area contributed by atoms with E-state index < -0.39 is 23.8 Å². The number of hydrogen-bond donors (Lipinski definition) is 2. The van der Waals surface area contributed by atoms with E-state index >= 15 is 0 Å². The van der Waals surface area contributed by atoms with Crippen molar-refractivity contribution in [3.8, 4) is 5.75 Å². The molecule has 2 saturated heterocycles. The Morgan fingerprint density at radius 3 is 2.44 bits per heavy atom. The Bertz CT molecular complexity index is 903. The first kappa shape index (κ1) is 16.4. The van der Waals surface area contributed by atoms with Gasteiger partial charge in [0.1, 0.15) is 11.8 Å². The summed E-state index contributed by atoms with van der Waals surface area (Å²) in [6.07, 6.45) is 2.09. The summed E-state index contributed by atoms with van der Waals surface area (Å²) in [4.78, 5) is 50.4. The van der Waals surface area contributed by atoms with Crippen LogP contribution in [-0.2, 0) is 15.0 Å². The molecule has 4 aliphatic rings. The van der Waals surface area contributed by atoms with Crippen molar-refractivity contribution in [3.05, 3.63) is 28.8 Å². The summed E-state index contributed by atoms with van der Waals surface area (Å²) >= 11 is 0. The molecule has 0 radical (unpaired) electrons. The lowest BCUT2D eigenvalue weighted by Crippen LogP contribution is -2.54. The van der Waals surface area contributed by atoms with Crippen molar-refractivity contribution in [2.24, 2.45) is 0 Å². The first-order chi connectivity index (χ1) is 13.0. The summed E-state index contributed by atoms with van der Waals surface area (Å²) in [5.74, 6) is -1.29. The fraction of sp³-hybridized carbons (Fsp3) is 0.474. The van der Waals surface area contributed by atoms with Crippen LogP contribution in [0.3, 0.4) is 0 Å². The maximum atomic E-state index is 13.0. The monoisotopic (exact) mass is 369 g/mol. The molecule has 8 heteroatoms. The second-order valence-corrected chi connectivity index (χ2v) is 7.66. The van der Waals surface area contributed by atoms with Crippen LogP contribution in [0.5, 0.6) is 5.75 Å². The molecule has 5 rings (SSSR count). The molecule has 1 unspecified atom stereocenters. The average Bonchev–Trinajstić information content (AvgIpc) is 3.11. The topological polar surface area (TPSA) is 105 Å². The van der Waals surface area contributed by atoms with Crippen molar-refractivity contribution in [2.75, 3.05) is 19.7 Å². The molecule has 1 aromatic carbocycles. The van der Waals surface area contributed by atoms with Gasteiger partial charge in [-0.25, -0.2) is 0 Å². The molecule has 27 heavy (non-hydrogen) atoms. The summed E-state index contributed by atoms with van der Waals surface area (Å²) in [7, 11) is 0. The number of ether oxygens (including phenoxy) is 1. The van der Waals surface area contributed by atoms with Crippen LogP contribution in [0.1, 0.15) is 52.0 Å². The van der Waals surface area contributed by atoms with Crippen LogP contribution in [-0.4, -0.2) is 54.3 Å². The maximum absolute atomic E-state index is 13.0. The summed E-state index contributed by atoms with van der Waals surface area (Å²) in [5.41, 5.74) is 1.45. The van der Waals surface area contributed by atoms with Crippen molar-refractivity contribution < 1.29 is 23.9 Å². The molecule has 4 aliphatic heterocycles. The zero-order valence-electron chi connectivity index (χ0n) is 14.7. The van der Waals surface area contributed by atoms with E-state index in [1.807, 2.05) is 0 Å². The number of nitrogens with zero attached hydrogens (tertiary/aromatic N) is 1. The van der Waals surface area contributed by atoms with Gasteiger partial charge in [0.25, 0.3) is 11.8 Å². The SMILES string of the molecule is O=C1CCC(N2C(=O)c3cc4c(cc3C2=O)C2(CCNCC2)CO4)C(=O)N1. The average molecular weight is 369 g/mol. The first-order valence-corrected chi connectivity index (χ1v) is 9.24. The molecule has 4 amide bonds. The number of carbonyl (C=O) groups is 4. The Hall–Kier alpha value is -2.74. The lowest BCUT2D eigenvalue weighted by atomic mass is 9.74. The van der Waals surface area contributed by atoms with Crippen molar-refractivity contribution in [1.82, 2.24) is 15.5 Å². The van der Waals surface area contributed by atoms with Crippen molar-refractivity contribution >= 4 is 23.6 Å². The zero-order valence-corrected chi connectivity index (χ0v) is 14.7. The van der Waals surface area contributed by atoms with Gasteiger partial charge in [-0.05, 0) is 44.5 Å². The van der Waals surface area contributed by atoms with Gasteiger partial charge in [0.2, 0.25) is 11.8 Å². The first-order valence-electron chi connectivity index (χ1n) is 9.24. The van der Waals surface area contributed by atoms with Gasteiger partial charge in [-0.15, -0.1) is 0 Å². The van der Waals surface area contributed by atoms with Gasteiger partial charge in [-0.2, -0.15) is 0 Å². The third-order valence-electron chi connectivity index (χ3n) is 6.18. The normalized spacial score (nSPS) is 26.1. The summed E-state index contributed by atoms with van der Waals surface area (Å²) in [5, 5.41) is 5.55. The highest BCUT2D eigenvalue weighted by atomic mass is 16.5. The second-order valence-electron chi connectivity index (χ2n) is 7.66. The fourth-order valence-electron chi connectivity index (χ4n) is 4.64. The quantitative estimate of drug-likeness (QED) is 0.681. The van der Waals surface area contributed by atoms with Gasteiger partial charge in [0, 0.05) is 17.4 Å². The number of benzene rings is 1. The molecule has 8 nitrogen and oxygen atoms in total. The lowest BCUT2D eigenvalue weighted by Gasteiger charge is -2.32. The van der Waals surface area contributed by atoms with E-state index in [9.17, 15) is 19.2 Å². The van der Waals surface area contributed by atoms with E-state index in [4.69, 9.17) is 4.74 Å². The summed E-state index contributed by atoms with van der Waals surface area (Å²) < 4.78 is 5.88. The second kappa shape index (κ2) is 5.63. The van der Waals surface area contributed by atoms with Crippen LogP contribution in [0.4, 0.5) is 0 Å². The largest absolute Gasteiger partial charge is 0.492 e. The smallest absolute Gasteiger partial charge is 0.262 e. The number of piperidine rings is 2. The molecule has 2 N–H and O–H groups in total. The minimum atomic E-state index is -0.946. The standard InChI is InChI=1S/C19H19N3O5/c23-15-2-1-13(16(24)21-15)22-17(25)10-7-12-14(8-11(10)18(22)26)27-9-19(12)3-5-20-6-4-19/h7-8,13,20H,1-6,9H2,(H,21,23,24). The Kier molecular flexibility index (Phi) is 3.42. The van der Waals surface area contributed by atoms with E-state index in [1.165, 1.54) is 0 Å². The number of nitrogens with one attached hydrogen (secondary N) is 2. The molecule has 1 spiro atoms. The molecule has 0 bridgehead atoms. The van der Waals surface area contributed by atoms with Gasteiger partial charge in [-0.3, -0.25) is 29.4 Å². The van der Waals surface area contributed by atoms with Gasteiger partial charge in [-0.1, -0.05) is 0 Å². The Balaban J connectivity index is 1.53. The molecule has 0 aliphatic carbocycles. The maximum Gasteiger partial charge on any atom is 0.262 e. The van der Waals surface area contributed by atoms with Gasteiger partial charge in [0.15, 0.2) is 0 Å². The molecule has 0 saturated carbocycles. The van der Waals surface area contributed by atoms with Crippen LogP contribution in [0.15, 0.2) is 12.1 Å². The van der Waals surface area contributed by atoms with E-state index in [0.717, 1.165) is 36.4 Å². The highest BCUT2D eigenvalue weighted by Crippen LogP contribution is 2.46. The predicted octanol–water partition coefficient (Wildman–Crippen LogP) is 0.101. The zero-order chi connectivity index (χ0) is 18.8. The van der Waals surface area contributed by atoms with Crippen LogP contribution in [0.2, 0.25) is 0 Å². The Morgan fingerprint density at radius 1 is 1.04 bits per heavy atom. The third kappa shape index (κ3) is 2.26. The number of hydrogen-bond acceptors (Lipinski definition) is 6. The number of carbonyl (C=O) groups excluding carboxylic acids is 4. The number of fused-ring (bicyclic) bond motifs is 3. The van der Waals surface area contributed by atoms with Crippen molar-refractivity contribution in [2.45, 2.75) is 37.1 Å². The number of amides is 4. The summed E-state index contributed by atoms with van der Waals surface area (Å²) in [6, 6.07) is 2.49. The molecule has 2 fully saturated rings. The van der Waals surface area contributed by atoms with E-state index in [1.54, 1.807) is 12.1 Å². The molecular formula is C19H19N3O5. The summed E-state index contributed by atoms with van der Waals surface area (Å²) in [6.45, 7) is 2.33. The number of imide groups is 2. The van der Waals surface area contributed by atoms with E-state index in [-0.39, 0.29) is 29.7 Å². The van der Waals surface area contributed by atoms with E-state index in [2.05, 4.69) is 10.6 Å². The van der Waals surface area contributed by atoms with Gasteiger partial charge >= 0.3 is 0 Å². The Morgan fingerprint density at radius 2 is 1.74 bits per heavy atom. The molecule has 4 heterocycles. The minimum absolute atomic E-state index is 0.111. The van der Waals surface area contributed by atoms with Crippen LogP contribution >= 0.6 is 0 Å².